The molecule has 0 unspecified atom stereocenters. The van der Waals surface area contributed by atoms with Crippen molar-refractivity contribution in [3.8, 4) is 5.75 Å². The Morgan fingerprint density at radius 2 is 1.72 bits per heavy atom. The molecule has 1 rings (SSSR count). The van der Waals surface area contributed by atoms with Gasteiger partial charge in [0.15, 0.2) is 0 Å². The number of ether oxygens (including phenoxy) is 1. The number of hydrogen-bond donors (Lipinski definition) is 2. The Labute approximate surface area is 111 Å². The van der Waals surface area contributed by atoms with E-state index in [0.29, 0.717) is 0 Å². The largest absolute Gasteiger partial charge is 0.494 e. The summed E-state index contributed by atoms with van der Waals surface area (Å²) in [6, 6.07) is 9.95. The normalized spacial score (nSPS) is 11.5. The topological polar surface area (TPSA) is 33.3 Å². The monoisotopic (exact) mass is 250 g/mol. The smallest absolute Gasteiger partial charge is 0.119 e. The molecule has 0 spiro atoms. The van der Waals surface area contributed by atoms with Crippen LogP contribution in [0.1, 0.15) is 27.2 Å². The van der Waals surface area contributed by atoms with Gasteiger partial charge in [-0.2, -0.15) is 0 Å². The summed E-state index contributed by atoms with van der Waals surface area (Å²) >= 11 is 0. The van der Waals surface area contributed by atoms with Crippen molar-refractivity contribution in [2.45, 2.75) is 32.7 Å². The van der Waals surface area contributed by atoms with Gasteiger partial charge in [-0.3, -0.25) is 0 Å². The third kappa shape index (κ3) is 8.09. The highest BCUT2D eigenvalue weighted by atomic mass is 16.5. The molecule has 102 valence electrons. The average molecular weight is 250 g/mol. The van der Waals surface area contributed by atoms with Crippen LogP contribution in [0.5, 0.6) is 5.75 Å². The van der Waals surface area contributed by atoms with Crippen LogP contribution in [0.4, 0.5) is 0 Å². The van der Waals surface area contributed by atoms with Gasteiger partial charge in [-0.25, -0.2) is 0 Å². The van der Waals surface area contributed by atoms with Crippen LogP contribution >= 0.6 is 0 Å². The van der Waals surface area contributed by atoms with Crippen LogP contribution in [-0.4, -0.2) is 31.8 Å². The van der Waals surface area contributed by atoms with Crippen molar-refractivity contribution in [1.29, 1.82) is 0 Å². The Balaban J connectivity index is 1.90. The maximum absolute atomic E-state index is 5.61. The van der Waals surface area contributed by atoms with Crippen LogP contribution in [0.15, 0.2) is 30.3 Å². The molecule has 0 aliphatic heterocycles. The molecule has 1 aromatic carbocycles. The fourth-order valence-electron chi connectivity index (χ4n) is 1.55. The highest BCUT2D eigenvalue weighted by Gasteiger charge is 2.06. The van der Waals surface area contributed by atoms with Gasteiger partial charge < -0.3 is 15.4 Å². The minimum absolute atomic E-state index is 0.206. The molecule has 2 N–H and O–H groups in total. The minimum atomic E-state index is 0.206. The predicted octanol–water partition coefficient (Wildman–Crippen LogP) is 2.43. The summed E-state index contributed by atoms with van der Waals surface area (Å²) in [7, 11) is 0. The fraction of sp³-hybridized carbons (Fsp3) is 0.600. The quantitative estimate of drug-likeness (QED) is 0.695. The summed E-state index contributed by atoms with van der Waals surface area (Å²) in [6.07, 6.45) is 1.03. The lowest BCUT2D eigenvalue weighted by molar-refractivity contribution is 0.307. The number of para-hydroxylation sites is 1. The van der Waals surface area contributed by atoms with E-state index in [1.807, 2.05) is 30.3 Å². The molecular formula is C15H26N2O. The van der Waals surface area contributed by atoms with Gasteiger partial charge >= 0.3 is 0 Å². The van der Waals surface area contributed by atoms with E-state index in [-0.39, 0.29) is 5.54 Å². The Kier molecular flexibility index (Phi) is 6.76. The van der Waals surface area contributed by atoms with E-state index >= 15 is 0 Å². The van der Waals surface area contributed by atoms with Crippen molar-refractivity contribution < 1.29 is 4.74 Å². The molecule has 0 amide bonds. The lowest BCUT2D eigenvalue weighted by Crippen LogP contribution is -2.40. The van der Waals surface area contributed by atoms with E-state index in [0.717, 1.165) is 38.4 Å². The van der Waals surface area contributed by atoms with Gasteiger partial charge in [0.2, 0.25) is 0 Å². The number of nitrogens with one attached hydrogen (secondary N) is 2. The van der Waals surface area contributed by atoms with E-state index < -0.39 is 0 Å². The first-order valence-electron chi connectivity index (χ1n) is 6.71. The summed E-state index contributed by atoms with van der Waals surface area (Å²) in [5, 5.41) is 6.85. The maximum Gasteiger partial charge on any atom is 0.119 e. The number of hydrogen-bond acceptors (Lipinski definition) is 3. The molecule has 1 aromatic rings. The third-order valence-corrected chi connectivity index (χ3v) is 2.47. The van der Waals surface area contributed by atoms with Crippen LogP contribution in [-0.2, 0) is 0 Å². The van der Waals surface area contributed by atoms with Crippen molar-refractivity contribution in [1.82, 2.24) is 10.6 Å². The molecule has 0 bridgehead atoms. The van der Waals surface area contributed by atoms with Gasteiger partial charge in [0.1, 0.15) is 5.75 Å². The molecule has 0 aliphatic carbocycles. The summed E-state index contributed by atoms with van der Waals surface area (Å²) in [5.74, 6) is 0.951. The molecule has 0 aliphatic rings. The molecule has 0 radical (unpaired) electrons. The van der Waals surface area contributed by atoms with E-state index in [9.17, 15) is 0 Å². The molecule has 18 heavy (non-hydrogen) atoms. The minimum Gasteiger partial charge on any atom is -0.494 e. The van der Waals surface area contributed by atoms with Crippen molar-refractivity contribution in [2.75, 3.05) is 26.2 Å². The summed E-state index contributed by atoms with van der Waals surface area (Å²) in [4.78, 5) is 0. The summed E-state index contributed by atoms with van der Waals surface area (Å²) in [5.41, 5.74) is 0.206. The van der Waals surface area contributed by atoms with Crippen LogP contribution in [0.25, 0.3) is 0 Å². The second-order valence-corrected chi connectivity index (χ2v) is 5.44. The number of benzene rings is 1. The zero-order valence-corrected chi connectivity index (χ0v) is 11.8. The van der Waals surface area contributed by atoms with Gasteiger partial charge in [0.05, 0.1) is 6.61 Å². The molecular weight excluding hydrogens is 224 g/mol. The molecule has 0 saturated heterocycles. The lowest BCUT2D eigenvalue weighted by Gasteiger charge is -2.20. The standard InChI is InChI=1S/C15H26N2O/c1-15(2,3)17-12-11-16-10-7-13-18-14-8-5-4-6-9-14/h4-6,8-9,16-17H,7,10-13H2,1-3H3. The van der Waals surface area contributed by atoms with Crippen LogP contribution < -0.4 is 15.4 Å². The van der Waals surface area contributed by atoms with E-state index in [1.165, 1.54) is 0 Å². The van der Waals surface area contributed by atoms with Gasteiger partial charge in [-0.1, -0.05) is 18.2 Å². The summed E-state index contributed by atoms with van der Waals surface area (Å²) in [6.45, 7) is 10.3. The first-order chi connectivity index (χ1) is 8.58. The molecule has 3 heteroatoms. The highest BCUT2D eigenvalue weighted by molar-refractivity contribution is 5.20. The van der Waals surface area contributed by atoms with Gasteiger partial charge in [-0.15, -0.1) is 0 Å². The Hall–Kier alpha value is -1.06. The number of rotatable bonds is 8. The molecule has 0 heterocycles. The van der Waals surface area contributed by atoms with Crippen molar-refractivity contribution in [3.63, 3.8) is 0 Å². The van der Waals surface area contributed by atoms with Crippen LogP contribution in [0.2, 0.25) is 0 Å². The Bertz CT molecular complexity index is 306. The van der Waals surface area contributed by atoms with Crippen molar-refractivity contribution in [3.05, 3.63) is 30.3 Å². The van der Waals surface area contributed by atoms with Crippen molar-refractivity contribution >= 4 is 0 Å². The predicted molar refractivity (Wildman–Crippen MR) is 77.2 cm³/mol. The third-order valence-electron chi connectivity index (χ3n) is 2.47. The van der Waals surface area contributed by atoms with Crippen LogP contribution in [0, 0.1) is 0 Å². The van der Waals surface area contributed by atoms with E-state index in [4.69, 9.17) is 4.74 Å². The SMILES string of the molecule is CC(C)(C)NCCNCCCOc1ccccc1. The first-order valence-corrected chi connectivity index (χ1v) is 6.71. The van der Waals surface area contributed by atoms with Crippen LogP contribution in [0.3, 0.4) is 0 Å². The fourth-order valence-corrected chi connectivity index (χ4v) is 1.55. The van der Waals surface area contributed by atoms with E-state index in [2.05, 4.69) is 31.4 Å². The lowest BCUT2D eigenvalue weighted by atomic mass is 10.1. The Morgan fingerprint density at radius 1 is 1.00 bits per heavy atom. The van der Waals surface area contributed by atoms with E-state index in [1.54, 1.807) is 0 Å². The molecule has 0 fully saturated rings. The zero-order chi connectivity index (χ0) is 13.3. The molecule has 0 atom stereocenters. The summed E-state index contributed by atoms with van der Waals surface area (Å²) < 4.78 is 5.61. The highest BCUT2D eigenvalue weighted by Crippen LogP contribution is 2.07. The first kappa shape index (κ1) is 15.0. The second-order valence-electron chi connectivity index (χ2n) is 5.44. The average Bonchev–Trinajstić information content (AvgIpc) is 2.32. The van der Waals surface area contributed by atoms with Gasteiger partial charge in [-0.05, 0) is 45.9 Å². The zero-order valence-electron chi connectivity index (χ0n) is 11.8. The second kappa shape index (κ2) is 8.11. The van der Waals surface area contributed by atoms with Gasteiger partial charge in [0.25, 0.3) is 0 Å². The maximum atomic E-state index is 5.61. The van der Waals surface area contributed by atoms with Crippen molar-refractivity contribution in [2.24, 2.45) is 0 Å². The molecule has 0 saturated carbocycles. The molecule has 3 nitrogen and oxygen atoms in total. The molecule has 0 aromatic heterocycles. The Morgan fingerprint density at radius 3 is 2.39 bits per heavy atom. The van der Waals surface area contributed by atoms with Gasteiger partial charge in [0, 0.05) is 18.6 Å².